The van der Waals surface area contributed by atoms with Gasteiger partial charge in [0, 0.05) is 61.4 Å². The lowest BCUT2D eigenvalue weighted by Gasteiger charge is -2.33. The Morgan fingerprint density at radius 2 is 1.90 bits per heavy atom. The SMILES string of the molecule is CSc1ccc(C2=C3C=CC(=[O+]CCCN4CCOCC4)C=C3C3=CCCN3C2)cc1. The average molecular weight is 436 g/mol. The van der Waals surface area contributed by atoms with Crippen LogP contribution in [0.3, 0.4) is 0 Å². The third kappa shape index (κ3) is 4.59. The van der Waals surface area contributed by atoms with Gasteiger partial charge in [0.15, 0.2) is 0 Å². The van der Waals surface area contributed by atoms with Crippen molar-refractivity contribution in [3.05, 3.63) is 71.0 Å². The molecule has 4 aliphatic rings. The van der Waals surface area contributed by atoms with E-state index in [0.29, 0.717) is 0 Å². The van der Waals surface area contributed by atoms with Crippen molar-refractivity contribution >= 4 is 23.1 Å². The molecule has 0 N–H and O–H groups in total. The maximum absolute atomic E-state index is 6.17. The van der Waals surface area contributed by atoms with E-state index in [4.69, 9.17) is 9.16 Å². The number of nitrogens with zero attached hydrogens (tertiary/aromatic N) is 2. The summed E-state index contributed by atoms with van der Waals surface area (Å²) in [7, 11) is 0. The molecule has 4 nitrogen and oxygen atoms in total. The molecule has 0 aromatic heterocycles. The average Bonchev–Trinajstić information content (AvgIpc) is 3.31. The fourth-order valence-corrected chi connectivity index (χ4v) is 5.17. The van der Waals surface area contributed by atoms with Gasteiger partial charge in [0.05, 0.1) is 19.3 Å². The zero-order valence-electron chi connectivity index (χ0n) is 18.3. The molecule has 0 bridgehead atoms. The lowest BCUT2D eigenvalue weighted by atomic mass is 9.85. The second-order valence-electron chi connectivity index (χ2n) is 8.37. The van der Waals surface area contributed by atoms with E-state index in [1.54, 1.807) is 11.8 Å². The number of hydrogen-bond donors (Lipinski definition) is 0. The smallest absolute Gasteiger partial charge is 0.344 e. The van der Waals surface area contributed by atoms with Crippen LogP contribution in [0.1, 0.15) is 18.4 Å². The van der Waals surface area contributed by atoms with Crippen molar-refractivity contribution < 1.29 is 9.16 Å². The molecule has 1 aliphatic carbocycles. The van der Waals surface area contributed by atoms with Gasteiger partial charge in [-0.3, -0.25) is 9.32 Å². The summed E-state index contributed by atoms with van der Waals surface area (Å²) >= 11 is 1.79. The van der Waals surface area contributed by atoms with Gasteiger partial charge in [-0.2, -0.15) is 0 Å². The van der Waals surface area contributed by atoms with Crippen LogP contribution < -0.4 is 0 Å². The first-order valence-electron chi connectivity index (χ1n) is 11.3. The molecule has 31 heavy (non-hydrogen) atoms. The normalized spacial score (nSPS) is 22.5. The molecule has 3 heterocycles. The van der Waals surface area contributed by atoms with Crippen LogP contribution >= 0.6 is 11.8 Å². The Morgan fingerprint density at radius 1 is 1.06 bits per heavy atom. The van der Waals surface area contributed by atoms with Gasteiger partial charge in [-0.05, 0) is 47.6 Å². The summed E-state index contributed by atoms with van der Waals surface area (Å²) in [4.78, 5) is 6.29. The maximum Gasteiger partial charge on any atom is 0.344 e. The number of rotatable bonds is 6. The van der Waals surface area contributed by atoms with Crippen LogP contribution in [-0.2, 0) is 9.16 Å². The second-order valence-corrected chi connectivity index (χ2v) is 9.25. The quantitative estimate of drug-likeness (QED) is 0.382. The summed E-state index contributed by atoms with van der Waals surface area (Å²) in [5.41, 5.74) is 6.78. The van der Waals surface area contributed by atoms with Crippen molar-refractivity contribution in [2.45, 2.75) is 17.7 Å². The lowest BCUT2D eigenvalue weighted by molar-refractivity contribution is -0.456. The fraction of sp³-hybridized carbons (Fsp3) is 0.423. The van der Waals surface area contributed by atoms with E-state index in [-0.39, 0.29) is 0 Å². The van der Waals surface area contributed by atoms with E-state index < -0.39 is 0 Å². The summed E-state index contributed by atoms with van der Waals surface area (Å²) in [6.07, 6.45) is 13.3. The number of fused-ring (bicyclic) bond motifs is 3. The highest BCUT2D eigenvalue weighted by molar-refractivity contribution is 7.98. The Hall–Kier alpha value is -2.08. The number of morpholine rings is 1. The number of hydrogen-bond acceptors (Lipinski definition) is 4. The van der Waals surface area contributed by atoms with E-state index in [2.05, 4.69) is 64.6 Å². The molecule has 5 heteroatoms. The molecule has 0 saturated carbocycles. The van der Waals surface area contributed by atoms with Crippen molar-refractivity contribution in [2.75, 3.05) is 58.8 Å². The number of benzene rings is 1. The molecule has 0 amide bonds. The van der Waals surface area contributed by atoms with Crippen LogP contribution in [0.4, 0.5) is 0 Å². The van der Waals surface area contributed by atoms with Crippen LogP contribution in [-0.4, -0.2) is 74.4 Å². The summed E-state index contributed by atoms with van der Waals surface area (Å²) in [6, 6.07) is 9.00. The predicted molar refractivity (Wildman–Crippen MR) is 128 cm³/mol. The van der Waals surface area contributed by atoms with E-state index in [9.17, 15) is 0 Å². The standard InChI is InChI=1S/C26H31N2O2S/c1-31-22-8-5-20(6-9-22)25-19-28-12-2-4-26(28)24-18-21(7-10-23(24)25)30-15-3-11-27-13-16-29-17-14-27/h4-10,18H,2-3,11-17,19H2,1H3/q+1. The van der Waals surface area contributed by atoms with E-state index in [1.165, 1.54) is 32.9 Å². The van der Waals surface area contributed by atoms with Gasteiger partial charge in [0.2, 0.25) is 0 Å². The number of thioether (sulfide) groups is 1. The Bertz CT molecular complexity index is 966. The second kappa shape index (κ2) is 9.60. The van der Waals surface area contributed by atoms with Crippen LogP contribution in [0.2, 0.25) is 0 Å². The molecule has 1 aromatic carbocycles. The first-order valence-corrected chi connectivity index (χ1v) is 12.6. The molecule has 0 unspecified atom stereocenters. The Morgan fingerprint density at radius 3 is 2.71 bits per heavy atom. The molecule has 162 valence electrons. The van der Waals surface area contributed by atoms with E-state index in [0.717, 1.165) is 71.2 Å². The molecule has 1 aromatic rings. The number of ether oxygens (including phenoxy) is 1. The Kier molecular flexibility index (Phi) is 6.44. The largest absolute Gasteiger partial charge is 0.379 e. The molecular formula is C26H31N2O2S+. The molecule has 5 rings (SSSR count). The topological polar surface area (TPSA) is 27.0 Å². The van der Waals surface area contributed by atoms with E-state index in [1.807, 2.05) is 0 Å². The monoisotopic (exact) mass is 435 g/mol. The first kappa shape index (κ1) is 20.8. The third-order valence-electron chi connectivity index (χ3n) is 6.45. The minimum absolute atomic E-state index is 0.756. The molecular weight excluding hydrogens is 404 g/mol. The lowest BCUT2D eigenvalue weighted by Crippen LogP contribution is -2.37. The number of carbonyl (C=O) groups excluding carboxylic acids is 1. The van der Waals surface area contributed by atoms with Crippen LogP contribution in [0.5, 0.6) is 0 Å². The molecule has 0 radical (unpaired) electrons. The third-order valence-corrected chi connectivity index (χ3v) is 7.19. The van der Waals surface area contributed by atoms with Crippen molar-refractivity contribution in [1.82, 2.24) is 9.80 Å². The predicted octanol–water partition coefficient (Wildman–Crippen LogP) is 4.09. The van der Waals surface area contributed by atoms with Gasteiger partial charge in [-0.15, -0.1) is 11.8 Å². The highest BCUT2D eigenvalue weighted by Gasteiger charge is 2.32. The van der Waals surface area contributed by atoms with E-state index >= 15 is 0 Å². The van der Waals surface area contributed by atoms with Crippen LogP contribution in [0, 0.1) is 0 Å². The minimum atomic E-state index is 0.756. The number of allylic oxidation sites excluding steroid dienone is 4. The molecule has 1 saturated heterocycles. The van der Waals surface area contributed by atoms with Crippen LogP contribution in [0.15, 0.2) is 70.3 Å². The highest BCUT2D eigenvalue weighted by Crippen LogP contribution is 2.40. The minimum Gasteiger partial charge on any atom is -0.379 e. The fourth-order valence-electron chi connectivity index (χ4n) is 4.76. The summed E-state index contributed by atoms with van der Waals surface area (Å²) in [5.74, 6) is 0.979. The zero-order chi connectivity index (χ0) is 21.0. The van der Waals surface area contributed by atoms with Gasteiger partial charge < -0.3 is 9.64 Å². The molecule has 0 atom stereocenters. The zero-order valence-corrected chi connectivity index (χ0v) is 19.1. The maximum atomic E-state index is 6.17. The van der Waals surface area contributed by atoms with Crippen molar-refractivity contribution in [3.63, 3.8) is 0 Å². The Balaban J connectivity index is 1.35. The summed E-state index contributed by atoms with van der Waals surface area (Å²) < 4.78 is 11.6. The van der Waals surface area contributed by atoms with Gasteiger partial charge in [-0.25, -0.2) is 0 Å². The summed E-state index contributed by atoms with van der Waals surface area (Å²) in [5, 5.41) is 0. The molecule has 1 fully saturated rings. The highest BCUT2D eigenvalue weighted by atomic mass is 32.2. The molecule has 3 aliphatic heterocycles. The van der Waals surface area contributed by atoms with Gasteiger partial charge >= 0.3 is 5.78 Å². The van der Waals surface area contributed by atoms with Gasteiger partial charge in [-0.1, -0.05) is 18.2 Å². The summed E-state index contributed by atoms with van der Waals surface area (Å²) in [6.45, 7) is 7.72. The van der Waals surface area contributed by atoms with Crippen LogP contribution in [0.25, 0.3) is 5.57 Å². The van der Waals surface area contributed by atoms with Crippen molar-refractivity contribution in [3.8, 4) is 0 Å². The number of ketones is 1. The Labute approximate surface area is 189 Å². The van der Waals surface area contributed by atoms with Gasteiger partial charge in [0.1, 0.15) is 0 Å². The first-order chi connectivity index (χ1) is 15.3. The van der Waals surface area contributed by atoms with Gasteiger partial charge in [0.25, 0.3) is 6.61 Å². The van der Waals surface area contributed by atoms with Crippen molar-refractivity contribution in [2.24, 2.45) is 0 Å². The van der Waals surface area contributed by atoms with Crippen molar-refractivity contribution in [1.29, 1.82) is 0 Å². The molecule has 0 spiro atoms.